The summed E-state index contributed by atoms with van der Waals surface area (Å²) in [5, 5.41) is 1.06. The molecule has 0 aliphatic carbocycles. The monoisotopic (exact) mass is 356 g/mol. The van der Waals surface area contributed by atoms with Crippen molar-refractivity contribution in [3.63, 3.8) is 0 Å². The highest BCUT2D eigenvalue weighted by Crippen LogP contribution is 2.25. The maximum atomic E-state index is 5.86. The van der Waals surface area contributed by atoms with Crippen LogP contribution in [0.15, 0.2) is 24.3 Å². The predicted octanol–water partition coefficient (Wildman–Crippen LogP) is 2.48. The Balaban J connectivity index is 1.73. The molecule has 0 amide bonds. The van der Waals surface area contributed by atoms with Gasteiger partial charge in [0.2, 0.25) is 0 Å². The van der Waals surface area contributed by atoms with Gasteiger partial charge in [0, 0.05) is 31.5 Å². The third-order valence-corrected chi connectivity index (χ3v) is 4.17. The van der Waals surface area contributed by atoms with E-state index in [0.717, 1.165) is 49.6 Å². The molecule has 4 nitrogen and oxygen atoms in total. The van der Waals surface area contributed by atoms with Crippen molar-refractivity contribution in [1.82, 2.24) is 9.80 Å². The van der Waals surface area contributed by atoms with E-state index in [-0.39, 0.29) is 0 Å². The molecule has 1 aromatic carbocycles. The van der Waals surface area contributed by atoms with Crippen molar-refractivity contribution in [3.05, 3.63) is 24.3 Å². The molecule has 0 aromatic heterocycles. The Labute approximate surface area is 136 Å². The third-order valence-electron chi connectivity index (χ3n) is 3.82. The van der Waals surface area contributed by atoms with Crippen molar-refractivity contribution in [2.75, 3.05) is 58.3 Å². The highest BCUT2D eigenvalue weighted by Gasteiger charge is 2.14. The van der Waals surface area contributed by atoms with Crippen molar-refractivity contribution in [3.8, 4) is 11.5 Å². The van der Waals surface area contributed by atoms with Crippen molar-refractivity contribution < 1.29 is 9.47 Å². The number of halogens is 1. The molecule has 1 aliphatic heterocycles. The Hall–Kier alpha value is -0.780. The molecule has 1 aromatic rings. The highest BCUT2D eigenvalue weighted by molar-refractivity contribution is 9.09. The van der Waals surface area contributed by atoms with Crippen LogP contribution in [-0.4, -0.2) is 68.1 Å². The van der Waals surface area contributed by atoms with E-state index in [9.17, 15) is 0 Å². The van der Waals surface area contributed by atoms with Gasteiger partial charge in [0.1, 0.15) is 6.61 Å². The molecule has 118 valence electrons. The molecule has 1 fully saturated rings. The topological polar surface area (TPSA) is 24.9 Å². The fraction of sp³-hybridized carbons (Fsp3) is 0.625. The number of rotatable bonds is 7. The normalized spacial score (nSPS) is 17.4. The second-order valence-corrected chi connectivity index (χ2v) is 6.02. The van der Waals surface area contributed by atoms with E-state index in [1.54, 1.807) is 7.11 Å². The average Bonchev–Trinajstić information content (AvgIpc) is 2.74. The molecule has 0 spiro atoms. The number of nitrogens with zero attached hydrogens (tertiary/aromatic N) is 2. The van der Waals surface area contributed by atoms with Gasteiger partial charge in [0.15, 0.2) is 11.5 Å². The summed E-state index contributed by atoms with van der Waals surface area (Å²) in [6.07, 6.45) is 1.24. The van der Waals surface area contributed by atoms with Crippen LogP contribution in [0.5, 0.6) is 11.5 Å². The standard InChI is InChI=1S/C16H25BrN2O2/c1-20-15-5-2-3-6-16(15)21-14-13-19-9-4-8-18(10-7-17)11-12-19/h2-3,5-6H,4,7-14H2,1H3. The Morgan fingerprint density at radius 1 is 1.00 bits per heavy atom. The second-order valence-electron chi connectivity index (χ2n) is 5.23. The van der Waals surface area contributed by atoms with Gasteiger partial charge < -0.3 is 14.4 Å². The van der Waals surface area contributed by atoms with Gasteiger partial charge in [0.25, 0.3) is 0 Å². The smallest absolute Gasteiger partial charge is 0.161 e. The molecule has 2 rings (SSSR count). The number of ether oxygens (including phenoxy) is 2. The maximum absolute atomic E-state index is 5.86. The summed E-state index contributed by atoms with van der Waals surface area (Å²) in [5.74, 6) is 1.63. The Kier molecular flexibility index (Phi) is 7.33. The van der Waals surface area contributed by atoms with Crippen molar-refractivity contribution in [1.29, 1.82) is 0 Å². The van der Waals surface area contributed by atoms with Crippen LogP contribution in [0.25, 0.3) is 0 Å². The highest BCUT2D eigenvalue weighted by atomic mass is 79.9. The molecule has 0 atom stereocenters. The summed E-state index contributed by atoms with van der Waals surface area (Å²) in [6.45, 7) is 7.47. The van der Waals surface area contributed by atoms with E-state index >= 15 is 0 Å². The minimum absolute atomic E-state index is 0.707. The zero-order valence-electron chi connectivity index (χ0n) is 12.8. The van der Waals surface area contributed by atoms with Crippen LogP contribution in [-0.2, 0) is 0 Å². The fourth-order valence-electron chi connectivity index (χ4n) is 2.61. The maximum Gasteiger partial charge on any atom is 0.161 e. The summed E-state index contributed by atoms with van der Waals surface area (Å²) < 4.78 is 11.2. The molecular formula is C16H25BrN2O2. The Morgan fingerprint density at radius 3 is 2.33 bits per heavy atom. The van der Waals surface area contributed by atoms with E-state index in [2.05, 4.69) is 25.7 Å². The molecule has 0 unspecified atom stereocenters. The summed E-state index contributed by atoms with van der Waals surface area (Å²) >= 11 is 3.52. The lowest BCUT2D eigenvalue weighted by Crippen LogP contribution is -2.34. The lowest BCUT2D eigenvalue weighted by atomic mass is 10.3. The number of hydrogen-bond donors (Lipinski definition) is 0. The number of benzene rings is 1. The number of hydrogen-bond acceptors (Lipinski definition) is 4. The zero-order chi connectivity index (χ0) is 14.9. The summed E-state index contributed by atoms with van der Waals surface area (Å²) in [7, 11) is 1.68. The summed E-state index contributed by atoms with van der Waals surface area (Å²) in [5.41, 5.74) is 0. The average molecular weight is 357 g/mol. The van der Waals surface area contributed by atoms with Gasteiger partial charge in [0.05, 0.1) is 7.11 Å². The van der Waals surface area contributed by atoms with E-state index in [0.29, 0.717) is 6.61 Å². The van der Waals surface area contributed by atoms with Gasteiger partial charge in [-0.3, -0.25) is 4.90 Å². The number of methoxy groups -OCH3 is 1. The first-order valence-electron chi connectivity index (χ1n) is 7.60. The summed E-state index contributed by atoms with van der Waals surface area (Å²) in [4.78, 5) is 5.01. The molecular weight excluding hydrogens is 332 g/mol. The van der Waals surface area contributed by atoms with Crippen LogP contribution >= 0.6 is 15.9 Å². The van der Waals surface area contributed by atoms with E-state index in [4.69, 9.17) is 9.47 Å². The molecule has 0 saturated carbocycles. The summed E-state index contributed by atoms with van der Waals surface area (Å²) in [6, 6.07) is 7.82. The first-order chi connectivity index (χ1) is 10.3. The predicted molar refractivity (Wildman–Crippen MR) is 89.8 cm³/mol. The Morgan fingerprint density at radius 2 is 1.67 bits per heavy atom. The number of alkyl halides is 1. The first-order valence-corrected chi connectivity index (χ1v) is 8.72. The largest absolute Gasteiger partial charge is 0.493 e. The van der Waals surface area contributed by atoms with Gasteiger partial charge in [-0.15, -0.1) is 0 Å². The van der Waals surface area contributed by atoms with Crippen LogP contribution in [0.1, 0.15) is 6.42 Å². The number of para-hydroxylation sites is 2. The third kappa shape index (κ3) is 5.49. The quantitative estimate of drug-likeness (QED) is 0.700. The minimum atomic E-state index is 0.707. The molecule has 21 heavy (non-hydrogen) atoms. The van der Waals surface area contributed by atoms with Crippen LogP contribution in [0.4, 0.5) is 0 Å². The SMILES string of the molecule is COc1ccccc1OCCN1CCCN(CCBr)CC1. The molecule has 0 bridgehead atoms. The lowest BCUT2D eigenvalue weighted by Gasteiger charge is -2.21. The van der Waals surface area contributed by atoms with E-state index in [1.807, 2.05) is 24.3 Å². The van der Waals surface area contributed by atoms with Gasteiger partial charge in [-0.25, -0.2) is 0 Å². The van der Waals surface area contributed by atoms with Crippen molar-refractivity contribution in [2.45, 2.75) is 6.42 Å². The van der Waals surface area contributed by atoms with Crippen molar-refractivity contribution in [2.24, 2.45) is 0 Å². The lowest BCUT2D eigenvalue weighted by molar-refractivity contribution is 0.206. The Bertz CT molecular complexity index is 417. The van der Waals surface area contributed by atoms with Gasteiger partial charge >= 0.3 is 0 Å². The molecule has 1 heterocycles. The second kappa shape index (κ2) is 9.28. The van der Waals surface area contributed by atoms with Crippen LogP contribution in [0.2, 0.25) is 0 Å². The minimum Gasteiger partial charge on any atom is -0.493 e. The van der Waals surface area contributed by atoms with Crippen LogP contribution in [0.3, 0.4) is 0 Å². The van der Waals surface area contributed by atoms with Gasteiger partial charge in [-0.2, -0.15) is 0 Å². The van der Waals surface area contributed by atoms with Gasteiger partial charge in [-0.1, -0.05) is 28.1 Å². The van der Waals surface area contributed by atoms with Gasteiger partial charge in [-0.05, 0) is 31.6 Å². The molecule has 1 aliphatic rings. The first kappa shape index (κ1) is 16.6. The molecule has 5 heteroatoms. The fourth-order valence-corrected chi connectivity index (χ4v) is 3.12. The van der Waals surface area contributed by atoms with Crippen molar-refractivity contribution >= 4 is 15.9 Å². The zero-order valence-corrected chi connectivity index (χ0v) is 14.3. The van der Waals surface area contributed by atoms with E-state index in [1.165, 1.54) is 13.0 Å². The van der Waals surface area contributed by atoms with Crippen LogP contribution < -0.4 is 9.47 Å². The van der Waals surface area contributed by atoms with Crippen LogP contribution in [0, 0.1) is 0 Å². The molecule has 0 N–H and O–H groups in total. The molecule has 0 radical (unpaired) electrons. The molecule has 1 saturated heterocycles. The van der Waals surface area contributed by atoms with E-state index < -0.39 is 0 Å².